The Bertz CT molecular complexity index is 241. The summed E-state index contributed by atoms with van der Waals surface area (Å²) in [5.74, 6) is 1.59. The van der Waals surface area contributed by atoms with Gasteiger partial charge < -0.3 is 10.1 Å². The highest BCUT2D eigenvalue weighted by Gasteiger charge is 2.32. The fourth-order valence-corrected chi connectivity index (χ4v) is 3.47. The Morgan fingerprint density at radius 3 is 2.78 bits per heavy atom. The van der Waals surface area contributed by atoms with Gasteiger partial charge in [-0.25, -0.2) is 0 Å². The molecule has 2 saturated heterocycles. The molecule has 2 aliphatic rings. The maximum absolute atomic E-state index is 5.57. The topological polar surface area (TPSA) is 24.5 Å². The molecule has 3 nitrogen and oxygen atoms in total. The average molecular weight is 254 g/mol. The van der Waals surface area contributed by atoms with Crippen molar-refractivity contribution < 1.29 is 4.74 Å². The zero-order valence-electron chi connectivity index (χ0n) is 12.3. The monoisotopic (exact) mass is 254 g/mol. The maximum atomic E-state index is 5.57. The van der Waals surface area contributed by atoms with E-state index in [1.54, 1.807) is 0 Å². The highest BCUT2D eigenvalue weighted by Crippen LogP contribution is 2.25. The van der Waals surface area contributed by atoms with Crippen molar-refractivity contribution in [2.75, 3.05) is 32.8 Å². The quantitative estimate of drug-likeness (QED) is 0.786. The van der Waals surface area contributed by atoms with E-state index in [-0.39, 0.29) is 0 Å². The minimum absolute atomic E-state index is 0.625. The van der Waals surface area contributed by atoms with Crippen molar-refractivity contribution in [1.29, 1.82) is 0 Å². The fourth-order valence-electron chi connectivity index (χ4n) is 3.47. The summed E-state index contributed by atoms with van der Waals surface area (Å²) in [4.78, 5) is 2.68. The highest BCUT2D eigenvalue weighted by atomic mass is 16.5. The first-order valence-corrected chi connectivity index (χ1v) is 7.75. The predicted octanol–water partition coefficient (Wildman–Crippen LogP) is 2.12. The van der Waals surface area contributed by atoms with Crippen molar-refractivity contribution in [2.45, 2.75) is 52.1 Å². The molecule has 0 saturated carbocycles. The molecule has 0 aromatic heterocycles. The Kier molecular flexibility index (Phi) is 5.46. The van der Waals surface area contributed by atoms with E-state index >= 15 is 0 Å². The Labute approximate surface area is 112 Å². The van der Waals surface area contributed by atoms with Gasteiger partial charge in [0.1, 0.15) is 0 Å². The lowest BCUT2D eigenvalue weighted by atomic mass is 9.98. The minimum atomic E-state index is 0.625. The molecule has 0 amide bonds. The first kappa shape index (κ1) is 14.3. The molecule has 1 N–H and O–H groups in total. The summed E-state index contributed by atoms with van der Waals surface area (Å²) in [5, 5.41) is 3.75. The largest absolute Gasteiger partial charge is 0.381 e. The average Bonchev–Trinajstić information content (AvgIpc) is 2.95. The molecule has 4 unspecified atom stereocenters. The van der Waals surface area contributed by atoms with Crippen molar-refractivity contribution in [3.63, 3.8) is 0 Å². The van der Waals surface area contributed by atoms with Crippen molar-refractivity contribution >= 4 is 0 Å². The summed E-state index contributed by atoms with van der Waals surface area (Å²) < 4.78 is 5.57. The Morgan fingerprint density at radius 1 is 1.39 bits per heavy atom. The van der Waals surface area contributed by atoms with Crippen LogP contribution in [0.4, 0.5) is 0 Å². The number of nitrogens with one attached hydrogen (secondary N) is 1. The van der Waals surface area contributed by atoms with E-state index in [2.05, 4.69) is 31.0 Å². The van der Waals surface area contributed by atoms with Crippen LogP contribution in [-0.2, 0) is 4.74 Å². The summed E-state index contributed by atoms with van der Waals surface area (Å²) >= 11 is 0. The second kappa shape index (κ2) is 6.88. The van der Waals surface area contributed by atoms with Crippen LogP contribution in [-0.4, -0.2) is 49.8 Å². The SMILES string of the molecule is CCCNC(CN1CC(C)CC1C)C1CCOC1. The van der Waals surface area contributed by atoms with E-state index in [0.717, 1.165) is 37.6 Å². The highest BCUT2D eigenvalue weighted by molar-refractivity contribution is 4.87. The second-order valence-electron chi connectivity index (χ2n) is 6.33. The molecule has 0 radical (unpaired) electrons. The van der Waals surface area contributed by atoms with Crippen LogP contribution >= 0.6 is 0 Å². The standard InChI is InChI=1S/C15H30N2O/c1-4-6-16-15(14-5-7-18-11-14)10-17-9-12(2)8-13(17)3/h12-16H,4-11H2,1-3H3. The van der Waals surface area contributed by atoms with E-state index in [1.165, 1.54) is 32.4 Å². The lowest BCUT2D eigenvalue weighted by Crippen LogP contribution is -2.47. The third-order valence-corrected chi connectivity index (χ3v) is 4.53. The lowest BCUT2D eigenvalue weighted by molar-refractivity contribution is 0.158. The number of ether oxygens (including phenoxy) is 1. The van der Waals surface area contributed by atoms with Crippen LogP contribution in [0.2, 0.25) is 0 Å². The van der Waals surface area contributed by atoms with Gasteiger partial charge in [-0.15, -0.1) is 0 Å². The number of nitrogens with zero attached hydrogens (tertiary/aromatic N) is 1. The molecule has 2 fully saturated rings. The first-order chi connectivity index (χ1) is 8.70. The molecule has 2 heterocycles. The van der Waals surface area contributed by atoms with Gasteiger partial charge in [0.05, 0.1) is 6.61 Å². The van der Waals surface area contributed by atoms with Crippen molar-refractivity contribution in [1.82, 2.24) is 10.2 Å². The molecule has 18 heavy (non-hydrogen) atoms. The molecule has 106 valence electrons. The lowest BCUT2D eigenvalue weighted by Gasteiger charge is -2.31. The molecule has 0 aromatic rings. The van der Waals surface area contributed by atoms with Gasteiger partial charge in [0, 0.05) is 37.7 Å². The third kappa shape index (κ3) is 3.69. The van der Waals surface area contributed by atoms with Crippen molar-refractivity contribution in [3.8, 4) is 0 Å². The number of rotatable bonds is 6. The van der Waals surface area contributed by atoms with E-state index in [4.69, 9.17) is 4.74 Å². The summed E-state index contributed by atoms with van der Waals surface area (Å²) in [7, 11) is 0. The molecule has 4 atom stereocenters. The number of likely N-dealkylation sites (tertiary alicyclic amines) is 1. The van der Waals surface area contributed by atoms with Crippen molar-refractivity contribution in [2.24, 2.45) is 11.8 Å². The molecule has 3 heteroatoms. The normalized spacial score (nSPS) is 35.2. The second-order valence-corrected chi connectivity index (χ2v) is 6.33. The van der Waals surface area contributed by atoms with E-state index in [0.29, 0.717) is 6.04 Å². The van der Waals surface area contributed by atoms with E-state index in [9.17, 15) is 0 Å². The van der Waals surface area contributed by atoms with Crippen LogP contribution in [0.3, 0.4) is 0 Å². The van der Waals surface area contributed by atoms with Gasteiger partial charge in [0.2, 0.25) is 0 Å². The third-order valence-electron chi connectivity index (χ3n) is 4.53. The predicted molar refractivity (Wildman–Crippen MR) is 75.8 cm³/mol. The van der Waals surface area contributed by atoms with E-state index < -0.39 is 0 Å². The Morgan fingerprint density at radius 2 is 2.22 bits per heavy atom. The summed E-state index contributed by atoms with van der Waals surface area (Å²) in [5.41, 5.74) is 0. The van der Waals surface area contributed by atoms with Gasteiger partial charge in [-0.05, 0) is 38.6 Å². The van der Waals surface area contributed by atoms with Crippen LogP contribution in [0, 0.1) is 11.8 Å². The fraction of sp³-hybridized carbons (Fsp3) is 1.00. The summed E-state index contributed by atoms with van der Waals surface area (Å²) in [6, 6.07) is 1.38. The Hall–Kier alpha value is -0.120. The van der Waals surface area contributed by atoms with Gasteiger partial charge in [-0.3, -0.25) is 4.90 Å². The van der Waals surface area contributed by atoms with Crippen LogP contribution < -0.4 is 5.32 Å². The summed E-state index contributed by atoms with van der Waals surface area (Å²) in [6.45, 7) is 12.5. The molecular weight excluding hydrogens is 224 g/mol. The van der Waals surface area contributed by atoms with Gasteiger partial charge in [-0.1, -0.05) is 13.8 Å². The van der Waals surface area contributed by atoms with Crippen LogP contribution in [0.25, 0.3) is 0 Å². The molecular formula is C15H30N2O. The maximum Gasteiger partial charge on any atom is 0.0510 e. The molecule has 2 rings (SSSR count). The van der Waals surface area contributed by atoms with Crippen LogP contribution in [0.1, 0.15) is 40.0 Å². The van der Waals surface area contributed by atoms with Gasteiger partial charge in [0.25, 0.3) is 0 Å². The zero-order valence-corrected chi connectivity index (χ0v) is 12.3. The summed E-state index contributed by atoms with van der Waals surface area (Å²) in [6.07, 6.45) is 3.82. The van der Waals surface area contributed by atoms with Crippen molar-refractivity contribution in [3.05, 3.63) is 0 Å². The molecule has 0 aliphatic carbocycles. The Balaban J connectivity index is 1.87. The van der Waals surface area contributed by atoms with Gasteiger partial charge >= 0.3 is 0 Å². The number of hydrogen-bond acceptors (Lipinski definition) is 3. The van der Waals surface area contributed by atoms with Crippen LogP contribution in [0.5, 0.6) is 0 Å². The molecule has 0 bridgehead atoms. The smallest absolute Gasteiger partial charge is 0.0510 e. The van der Waals surface area contributed by atoms with Crippen LogP contribution in [0.15, 0.2) is 0 Å². The minimum Gasteiger partial charge on any atom is -0.381 e. The first-order valence-electron chi connectivity index (χ1n) is 7.75. The number of hydrogen-bond donors (Lipinski definition) is 1. The molecule has 0 aromatic carbocycles. The van der Waals surface area contributed by atoms with E-state index in [1.807, 2.05) is 0 Å². The van der Waals surface area contributed by atoms with Gasteiger partial charge in [-0.2, -0.15) is 0 Å². The molecule has 2 aliphatic heterocycles. The molecule has 0 spiro atoms. The van der Waals surface area contributed by atoms with Gasteiger partial charge in [0.15, 0.2) is 0 Å². The zero-order chi connectivity index (χ0) is 13.0.